The molecule has 0 saturated heterocycles. The fraction of sp³-hybridized carbons (Fsp3) is 0.167. The molecule has 0 heterocycles. The van der Waals surface area contributed by atoms with Crippen molar-refractivity contribution in [2.45, 2.75) is 26.7 Å². The zero-order valence-corrected chi connectivity index (χ0v) is 16.2. The highest BCUT2D eigenvalue weighted by Crippen LogP contribution is 2.30. The fourth-order valence-corrected chi connectivity index (χ4v) is 2.97. The predicted molar refractivity (Wildman–Crippen MR) is 107 cm³/mol. The minimum atomic E-state index is -1.24. The molecule has 0 atom stereocenters. The number of hydrogen-bond acceptors (Lipinski definition) is 3. The third kappa shape index (κ3) is 4.57. The number of aryl methyl sites for hydroxylation is 1. The fourth-order valence-electron chi connectivity index (χ4n) is 2.97. The summed E-state index contributed by atoms with van der Waals surface area (Å²) in [5, 5.41) is 0. The Balaban J connectivity index is 1.81. The zero-order valence-electron chi connectivity index (χ0n) is 16.2. The van der Waals surface area contributed by atoms with E-state index in [2.05, 4.69) is 6.92 Å². The van der Waals surface area contributed by atoms with Gasteiger partial charge in [-0.15, -0.1) is 0 Å². The highest BCUT2D eigenvalue weighted by Gasteiger charge is 2.19. The molecule has 0 unspecified atom stereocenters. The van der Waals surface area contributed by atoms with Gasteiger partial charge in [-0.1, -0.05) is 49.7 Å². The zero-order chi connectivity index (χ0) is 21.0. The molecule has 3 rings (SSSR count). The quantitative estimate of drug-likeness (QED) is 0.292. The van der Waals surface area contributed by atoms with Crippen LogP contribution < -0.4 is 4.74 Å². The number of rotatable bonds is 6. The molecular weight excluding hydrogens is 374 g/mol. The van der Waals surface area contributed by atoms with Crippen LogP contribution in [0, 0.1) is 11.6 Å². The summed E-state index contributed by atoms with van der Waals surface area (Å²) in [5.41, 5.74) is 2.25. The van der Waals surface area contributed by atoms with E-state index in [1.165, 1.54) is 31.2 Å². The molecular formula is C24H20F2O3. The van der Waals surface area contributed by atoms with Crippen LogP contribution in [0.15, 0.2) is 60.7 Å². The molecule has 5 heteroatoms. The smallest absolute Gasteiger partial charge is 0.343 e. The van der Waals surface area contributed by atoms with E-state index in [-0.39, 0.29) is 16.9 Å². The van der Waals surface area contributed by atoms with Crippen molar-refractivity contribution in [3.8, 4) is 16.9 Å². The lowest BCUT2D eigenvalue weighted by Crippen LogP contribution is -2.10. The van der Waals surface area contributed by atoms with Gasteiger partial charge in [0.2, 0.25) is 5.82 Å². The highest BCUT2D eigenvalue weighted by molar-refractivity contribution is 5.94. The average Bonchev–Trinajstić information content (AvgIpc) is 2.72. The van der Waals surface area contributed by atoms with Crippen LogP contribution >= 0.6 is 0 Å². The number of ether oxygens (including phenoxy) is 1. The van der Waals surface area contributed by atoms with Crippen LogP contribution in [0.4, 0.5) is 8.78 Å². The first-order chi connectivity index (χ1) is 13.9. The van der Waals surface area contributed by atoms with E-state index in [0.717, 1.165) is 18.4 Å². The maximum absolute atomic E-state index is 14.6. The lowest BCUT2D eigenvalue weighted by molar-refractivity contribution is 0.0726. The lowest BCUT2D eigenvalue weighted by atomic mass is 10.0. The maximum atomic E-state index is 14.6. The van der Waals surface area contributed by atoms with Crippen LogP contribution in [0.3, 0.4) is 0 Å². The van der Waals surface area contributed by atoms with Gasteiger partial charge in [-0.25, -0.2) is 9.18 Å². The van der Waals surface area contributed by atoms with Crippen LogP contribution in [0.5, 0.6) is 5.75 Å². The minimum Gasteiger partial charge on any atom is -0.420 e. The van der Waals surface area contributed by atoms with Gasteiger partial charge in [0.1, 0.15) is 0 Å². The van der Waals surface area contributed by atoms with Crippen molar-refractivity contribution in [3.05, 3.63) is 89.0 Å². The van der Waals surface area contributed by atoms with Gasteiger partial charge in [0.25, 0.3) is 0 Å². The predicted octanol–water partition coefficient (Wildman–Crippen LogP) is 6.01. The number of halogens is 2. The Morgan fingerprint density at radius 2 is 1.45 bits per heavy atom. The number of benzene rings is 3. The monoisotopic (exact) mass is 394 g/mol. The molecule has 0 saturated carbocycles. The summed E-state index contributed by atoms with van der Waals surface area (Å²) in [5.74, 6) is -3.72. The largest absolute Gasteiger partial charge is 0.420 e. The number of Topliss-reactive ketones (excluding diaryl/α,β-unsaturated/α-hetero) is 1. The molecule has 0 aliphatic rings. The summed E-state index contributed by atoms with van der Waals surface area (Å²) >= 11 is 0. The molecule has 0 N–H and O–H groups in total. The number of esters is 1. The minimum absolute atomic E-state index is 0.0151. The number of hydrogen-bond donors (Lipinski definition) is 0. The highest BCUT2D eigenvalue weighted by atomic mass is 19.2. The Bertz CT molecular complexity index is 1040. The van der Waals surface area contributed by atoms with Gasteiger partial charge >= 0.3 is 5.97 Å². The van der Waals surface area contributed by atoms with E-state index in [1.807, 2.05) is 12.1 Å². The molecule has 0 amide bonds. The summed E-state index contributed by atoms with van der Waals surface area (Å²) in [6, 6.07) is 15.6. The van der Waals surface area contributed by atoms with Crippen LogP contribution in [-0.4, -0.2) is 11.8 Å². The summed E-state index contributed by atoms with van der Waals surface area (Å²) < 4.78 is 34.1. The molecule has 0 aromatic heterocycles. The van der Waals surface area contributed by atoms with E-state index < -0.39 is 23.4 Å². The van der Waals surface area contributed by atoms with Gasteiger partial charge in [-0.05, 0) is 48.7 Å². The second-order valence-corrected chi connectivity index (χ2v) is 6.71. The van der Waals surface area contributed by atoms with Crippen LogP contribution in [0.1, 0.15) is 46.5 Å². The first kappa shape index (κ1) is 20.4. The average molecular weight is 394 g/mol. The van der Waals surface area contributed by atoms with E-state index in [0.29, 0.717) is 11.1 Å². The Morgan fingerprint density at radius 3 is 2.03 bits per heavy atom. The maximum Gasteiger partial charge on any atom is 0.343 e. The van der Waals surface area contributed by atoms with Crippen molar-refractivity contribution in [2.75, 3.05) is 0 Å². The van der Waals surface area contributed by atoms with E-state index in [1.54, 1.807) is 24.3 Å². The van der Waals surface area contributed by atoms with Gasteiger partial charge in [0, 0.05) is 11.1 Å². The van der Waals surface area contributed by atoms with Crippen LogP contribution in [0.25, 0.3) is 11.1 Å². The van der Waals surface area contributed by atoms with Gasteiger partial charge in [-0.2, -0.15) is 4.39 Å². The summed E-state index contributed by atoms with van der Waals surface area (Å²) in [6.45, 7) is 3.48. The molecule has 3 aromatic rings. The molecule has 148 valence electrons. The Kier molecular flexibility index (Phi) is 6.17. The van der Waals surface area contributed by atoms with Gasteiger partial charge in [0.05, 0.1) is 5.56 Å². The van der Waals surface area contributed by atoms with Crippen molar-refractivity contribution >= 4 is 11.8 Å². The molecule has 0 aliphatic carbocycles. The SMILES string of the molecule is CCCc1ccc(C(=O)Oc2ccc(-c3ccc(C(C)=O)cc3)c(F)c2F)cc1. The van der Waals surface area contributed by atoms with E-state index in [4.69, 9.17) is 4.74 Å². The van der Waals surface area contributed by atoms with Gasteiger partial charge in [-0.3, -0.25) is 4.79 Å². The molecule has 0 fully saturated rings. The second-order valence-electron chi connectivity index (χ2n) is 6.71. The molecule has 3 nitrogen and oxygen atoms in total. The normalized spacial score (nSPS) is 10.6. The Hall–Kier alpha value is -3.34. The van der Waals surface area contributed by atoms with Crippen molar-refractivity contribution < 1.29 is 23.1 Å². The molecule has 29 heavy (non-hydrogen) atoms. The number of ketones is 1. The Labute approximate surface area is 168 Å². The van der Waals surface area contributed by atoms with Crippen LogP contribution in [0.2, 0.25) is 0 Å². The first-order valence-corrected chi connectivity index (χ1v) is 9.31. The van der Waals surface area contributed by atoms with E-state index in [9.17, 15) is 18.4 Å². The first-order valence-electron chi connectivity index (χ1n) is 9.31. The summed E-state index contributed by atoms with van der Waals surface area (Å²) in [4.78, 5) is 23.6. The molecule has 3 aromatic carbocycles. The third-order valence-electron chi connectivity index (χ3n) is 4.58. The van der Waals surface area contributed by atoms with Crippen molar-refractivity contribution in [1.29, 1.82) is 0 Å². The lowest BCUT2D eigenvalue weighted by Gasteiger charge is -2.10. The van der Waals surface area contributed by atoms with Crippen molar-refractivity contribution in [1.82, 2.24) is 0 Å². The van der Waals surface area contributed by atoms with Gasteiger partial charge < -0.3 is 4.74 Å². The van der Waals surface area contributed by atoms with Crippen molar-refractivity contribution in [2.24, 2.45) is 0 Å². The third-order valence-corrected chi connectivity index (χ3v) is 4.58. The Morgan fingerprint density at radius 1 is 0.828 bits per heavy atom. The molecule has 0 aliphatic heterocycles. The van der Waals surface area contributed by atoms with Gasteiger partial charge in [0.15, 0.2) is 17.3 Å². The molecule has 0 spiro atoms. The summed E-state index contributed by atoms with van der Waals surface area (Å²) in [6.07, 6.45) is 1.88. The standard InChI is InChI=1S/C24H20F2O3/c1-3-4-16-5-7-19(8-6-16)24(28)29-21-14-13-20(22(25)23(21)26)18-11-9-17(10-12-18)15(2)27/h5-14H,3-4H2,1-2H3. The topological polar surface area (TPSA) is 43.4 Å². The van der Waals surface area contributed by atoms with Crippen LogP contribution in [-0.2, 0) is 6.42 Å². The van der Waals surface area contributed by atoms with Crippen molar-refractivity contribution in [3.63, 3.8) is 0 Å². The van der Waals surface area contributed by atoms with E-state index >= 15 is 0 Å². The second kappa shape index (κ2) is 8.78. The molecule has 0 radical (unpaired) electrons. The summed E-state index contributed by atoms with van der Waals surface area (Å²) in [7, 11) is 0. The number of carbonyl (C=O) groups is 2. The molecule has 0 bridgehead atoms. The number of carbonyl (C=O) groups excluding carboxylic acids is 2.